The zero-order valence-electron chi connectivity index (χ0n) is 14.4. The number of anilines is 1. The Hall–Kier alpha value is -2.41. The molecule has 6 nitrogen and oxygen atoms in total. The van der Waals surface area contributed by atoms with Crippen molar-refractivity contribution in [1.82, 2.24) is 20.4 Å². The topological polar surface area (TPSA) is 71.0 Å². The van der Waals surface area contributed by atoms with E-state index in [4.69, 9.17) is 12.2 Å². The molecule has 0 spiro atoms. The van der Waals surface area contributed by atoms with E-state index in [1.165, 1.54) is 5.56 Å². The fourth-order valence-corrected chi connectivity index (χ4v) is 2.36. The van der Waals surface area contributed by atoms with Crippen LogP contribution in [0.5, 0.6) is 0 Å². The van der Waals surface area contributed by atoms with E-state index < -0.39 is 0 Å². The van der Waals surface area contributed by atoms with Gasteiger partial charge in [0, 0.05) is 31.5 Å². The first kappa shape index (κ1) is 17.9. The van der Waals surface area contributed by atoms with Crippen molar-refractivity contribution in [3.05, 3.63) is 46.8 Å². The largest absolute Gasteiger partial charge is 0.361 e. The lowest BCUT2D eigenvalue weighted by Crippen LogP contribution is -2.36. The highest BCUT2D eigenvalue weighted by Crippen LogP contribution is 2.15. The smallest absolute Gasteiger partial charge is 0.271 e. The minimum Gasteiger partial charge on any atom is -0.361 e. The van der Waals surface area contributed by atoms with Crippen LogP contribution in [0.25, 0.3) is 0 Å². The van der Waals surface area contributed by atoms with Gasteiger partial charge in [0.1, 0.15) is 5.69 Å². The average molecular weight is 345 g/mol. The summed E-state index contributed by atoms with van der Waals surface area (Å²) in [6.07, 6.45) is 0. The summed E-state index contributed by atoms with van der Waals surface area (Å²) >= 11 is 5.28. The number of hydrogen-bond acceptors (Lipinski definition) is 3. The van der Waals surface area contributed by atoms with E-state index >= 15 is 0 Å². The van der Waals surface area contributed by atoms with Crippen molar-refractivity contribution >= 4 is 28.9 Å². The van der Waals surface area contributed by atoms with Gasteiger partial charge in [-0.15, -0.1) is 0 Å². The van der Waals surface area contributed by atoms with Crippen LogP contribution in [0.2, 0.25) is 0 Å². The van der Waals surface area contributed by atoms with Crippen LogP contribution >= 0.6 is 12.2 Å². The molecule has 0 radical (unpaired) electrons. The number of thiocarbonyl (C=S) groups is 1. The molecule has 0 fully saturated rings. The second-order valence-electron chi connectivity index (χ2n) is 5.75. The predicted octanol–water partition coefficient (Wildman–Crippen LogP) is 2.06. The Kier molecular flexibility index (Phi) is 5.92. The maximum atomic E-state index is 12.0. The van der Waals surface area contributed by atoms with Crippen molar-refractivity contribution < 1.29 is 4.79 Å². The van der Waals surface area contributed by atoms with E-state index in [1.54, 1.807) is 10.7 Å². The first-order valence-electron chi connectivity index (χ1n) is 7.78. The molecule has 0 aliphatic rings. The molecule has 1 aromatic heterocycles. The van der Waals surface area contributed by atoms with E-state index in [2.05, 4.69) is 39.2 Å². The molecular weight excluding hydrogens is 322 g/mol. The molecule has 0 saturated carbocycles. The van der Waals surface area contributed by atoms with Gasteiger partial charge in [-0.2, -0.15) is 5.10 Å². The number of aryl methyl sites for hydroxylation is 4. The molecule has 3 N–H and O–H groups in total. The average Bonchev–Trinajstić information content (AvgIpc) is 2.87. The van der Waals surface area contributed by atoms with Crippen molar-refractivity contribution in [2.75, 3.05) is 18.4 Å². The Morgan fingerprint density at radius 1 is 1.17 bits per heavy atom. The summed E-state index contributed by atoms with van der Waals surface area (Å²) in [4.78, 5) is 12.0. The molecule has 7 heteroatoms. The van der Waals surface area contributed by atoms with E-state index in [9.17, 15) is 4.79 Å². The molecule has 24 heavy (non-hydrogen) atoms. The maximum absolute atomic E-state index is 12.0. The number of carbonyl (C=O) groups excluding carboxylic acids is 1. The molecule has 1 heterocycles. The Morgan fingerprint density at radius 3 is 2.54 bits per heavy atom. The third kappa shape index (κ3) is 4.79. The van der Waals surface area contributed by atoms with Gasteiger partial charge in [-0.05, 0) is 56.2 Å². The van der Waals surface area contributed by atoms with Crippen LogP contribution in [0.4, 0.5) is 5.69 Å². The monoisotopic (exact) mass is 345 g/mol. The second-order valence-corrected chi connectivity index (χ2v) is 6.16. The number of nitrogens with one attached hydrogen (secondary N) is 3. The summed E-state index contributed by atoms with van der Waals surface area (Å²) in [5.41, 5.74) is 4.65. The van der Waals surface area contributed by atoms with Crippen LogP contribution in [0, 0.1) is 20.8 Å². The summed E-state index contributed by atoms with van der Waals surface area (Å²) in [6, 6.07) is 7.92. The van der Waals surface area contributed by atoms with E-state index in [0.717, 1.165) is 16.9 Å². The van der Waals surface area contributed by atoms with Crippen LogP contribution in [-0.2, 0) is 7.05 Å². The van der Waals surface area contributed by atoms with E-state index in [0.29, 0.717) is 23.9 Å². The van der Waals surface area contributed by atoms with Crippen LogP contribution in [-0.4, -0.2) is 33.9 Å². The Labute approximate surface area is 147 Å². The number of hydrogen-bond donors (Lipinski definition) is 3. The molecular formula is C17H23N5OS. The molecule has 1 amide bonds. The highest BCUT2D eigenvalue weighted by atomic mass is 32.1. The second kappa shape index (κ2) is 7.92. The molecule has 0 unspecified atom stereocenters. The fourth-order valence-electron chi connectivity index (χ4n) is 2.15. The third-order valence-corrected chi connectivity index (χ3v) is 3.93. The summed E-state index contributed by atoms with van der Waals surface area (Å²) in [6.45, 7) is 6.97. The van der Waals surface area contributed by atoms with Gasteiger partial charge in [-0.25, -0.2) is 0 Å². The highest BCUT2D eigenvalue weighted by molar-refractivity contribution is 7.80. The van der Waals surface area contributed by atoms with Gasteiger partial charge in [0.2, 0.25) is 0 Å². The van der Waals surface area contributed by atoms with Gasteiger partial charge < -0.3 is 16.0 Å². The van der Waals surface area contributed by atoms with E-state index in [1.807, 2.05) is 27.8 Å². The van der Waals surface area contributed by atoms with Gasteiger partial charge in [0.25, 0.3) is 5.91 Å². The molecule has 0 atom stereocenters. The zero-order valence-corrected chi connectivity index (χ0v) is 15.3. The van der Waals surface area contributed by atoms with Crippen LogP contribution in [0.15, 0.2) is 24.3 Å². The molecule has 128 valence electrons. The van der Waals surface area contributed by atoms with Crippen molar-refractivity contribution in [3.63, 3.8) is 0 Å². The Bertz CT molecular complexity index is 734. The highest BCUT2D eigenvalue weighted by Gasteiger charge is 2.10. The summed E-state index contributed by atoms with van der Waals surface area (Å²) in [5.74, 6) is -0.186. The number of rotatable bonds is 5. The first-order chi connectivity index (χ1) is 11.4. The van der Waals surface area contributed by atoms with Gasteiger partial charge in [-0.3, -0.25) is 9.48 Å². The number of amides is 1. The number of nitrogens with zero attached hydrogens (tertiary/aromatic N) is 2. The summed E-state index contributed by atoms with van der Waals surface area (Å²) in [7, 11) is 1.81. The van der Waals surface area contributed by atoms with Crippen LogP contribution in [0.3, 0.4) is 0 Å². The fraction of sp³-hybridized carbons (Fsp3) is 0.353. The molecule has 2 rings (SSSR count). The van der Waals surface area contributed by atoms with Gasteiger partial charge in [0.15, 0.2) is 5.11 Å². The van der Waals surface area contributed by atoms with Gasteiger partial charge in [0.05, 0.1) is 0 Å². The third-order valence-electron chi connectivity index (χ3n) is 3.68. The quantitative estimate of drug-likeness (QED) is 0.572. The zero-order chi connectivity index (χ0) is 17.7. The van der Waals surface area contributed by atoms with Crippen LogP contribution < -0.4 is 16.0 Å². The maximum Gasteiger partial charge on any atom is 0.271 e. The van der Waals surface area contributed by atoms with E-state index in [-0.39, 0.29) is 5.91 Å². The van der Waals surface area contributed by atoms with Crippen molar-refractivity contribution in [2.45, 2.75) is 20.8 Å². The van der Waals surface area contributed by atoms with Crippen molar-refractivity contribution in [1.29, 1.82) is 0 Å². The molecule has 0 aliphatic carbocycles. The molecule has 0 bridgehead atoms. The molecule has 1 aromatic carbocycles. The molecule has 2 aromatic rings. The molecule has 0 saturated heterocycles. The Morgan fingerprint density at radius 2 is 1.88 bits per heavy atom. The standard InChI is InChI=1S/C17H23N5OS/c1-11-5-6-12(2)14(9-11)20-17(24)19-8-7-18-16(23)15-10-13(3)22(4)21-15/h5-6,9-10H,7-8H2,1-4H3,(H,18,23)(H2,19,20,24). The lowest BCUT2D eigenvalue weighted by atomic mass is 10.1. The lowest BCUT2D eigenvalue weighted by molar-refractivity contribution is 0.0948. The predicted molar refractivity (Wildman–Crippen MR) is 100 cm³/mol. The summed E-state index contributed by atoms with van der Waals surface area (Å²) in [5, 5.41) is 13.7. The van der Waals surface area contributed by atoms with Crippen molar-refractivity contribution in [3.8, 4) is 0 Å². The number of carbonyl (C=O) groups is 1. The first-order valence-corrected chi connectivity index (χ1v) is 8.18. The minimum absolute atomic E-state index is 0.186. The van der Waals surface area contributed by atoms with Gasteiger partial charge in [-0.1, -0.05) is 12.1 Å². The Balaban J connectivity index is 1.74. The van der Waals surface area contributed by atoms with Gasteiger partial charge >= 0.3 is 0 Å². The number of benzene rings is 1. The normalized spacial score (nSPS) is 10.3. The molecule has 0 aliphatic heterocycles. The summed E-state index contributed by atoms with van der Waals surface area (Å²) < 4.78 is 1.68. The van der Waals surface area contributed by atoms with Crippen molar-refractivity contribution in [2.24, 2.45) is 7.05 Å². The lowest BCUT2D eigenvalue weighted by Gasteiger charge is -2.13. The van der Waals surface area contributed by atoms with Crippen LogP contribution in [0.1, 0.15) is 27.3 Å². The number of aromatic nitrogens is 2. The SMILES string of the molecule is Cc1ccc(C)c(NC(=S)NCCNC(=O)c2cc(C)n(C)n2)c1. The minimum atomic E-state index is -0.186.